The van der Waals surface area contributed by atoms with E-state index in [0.29, 0.717) is 16.9 Å². The van der Waals surface area contributed by atoms with Gasteiger partial charge in [0.15, 0.2) is 18.1 Å². The van der Waals surface area contributed by atoms with Crippen LogP contribution < -0.4 is 19.3 Å². The monoisotopic (exact) mass is 520 g/mol. The van der Waals surface area contributed by atoms with Crippen molar-refractivity contribution in [2.24, 2.45) is 0 Å². The number of hydrogen-bond acceptors (Lipinski definition) is 6. The van der Waals surface area contributed by atoms with Gasteiger partial charge in [0, 0.05) is 0 Å². The number of nitrogens with zero attached hydrogens (tertiary/aromatic N) is 2. The molecule has 1 N–H and O–H groups in total. The first-order valence-electron chi connectivity index (χ1n) is 11.2. The Morgan fingerprint density at radius 3 is 1.92 bits per heavy atom. The molecule has 0 saturated carbocycles. The maximum Gasteiger partial charge on any atom is 0.343 e. The van der Waals surface area contributed by atoms with E-state index in [-0.39, 0.29) is 28.7 Å². The third-order valence-corrected chi connectivity index (χ3v) is 5.54. The summed E-state index contributed by atoms with van der Waals surface area (Å²) in [5, 5.41) is 8.96. The first-order chi connectivity index (χ1) is 17.8. The van der Waals surface area contributed by atoms with E-state index in [2.05, 4.69) is 0 Å². The molecular formula is C27H21ClN2O7. The van der Waals surface area contributed by atoms with E-state index in [9.17, 15) is 19.2 Å². The minimum atomic E-state index is -1.20. The molecule has 9 nitrogen and oxygen atoms in total. The number of aliphatic carboxylic acids is 1. The summed E-state index contributed by atoms with van der Waals surface area (Å²) in [6.07, 6.45) is 1.30. The standard InChI is InChI=1S/C27H21ClN2O7/c1-2-36-22-15-17(14-21(28)24(22)37-16-23(31)32)13-20-25(33)29(18-9-5-3-6-10-18)27(35)30(26(20)34)19-11-7-4-8-12-19/h3-15H,2,16H2,1H3,(H,31,32). The van der Waals surface area contributed by atoms with Crippen molar-refractivity contribution in [2.45, 2.75) is 6.92 Å². The Bertz CT molecular complexity index is 1330. The smallest absolute Gasteiger partial charge is 0.343 e. The summed E-state index contributed by atoms with van der Waals surface area (Å²) in [4.78, 5) is 53.2. The van der Waals surface area contributed by atoms with Crippen molar-refractivity contribution in [2.75, 3.05) is 23.0 Å². The molecule has 188 valence electrons. The number of urea groups is 1. The van der Waals surface area contributed by atoms with Crippen LogP contribution in [0.5, 0.6) is 11.5 Å². The molecule has 0 spiro atoms. The molecule has 0 atom stereocenters. The highest BCUT2D eigenvalue weighted by molar-refractivity contribution is 6.46. The molecule has 3 aromatic carbocycles. The second-order valence-corrected chi connectivity index (χ2v) is 8.15. The lowest BCUT2D eigenvalue weighted by atomic mass is 10.0. The highest BCUT2D eigenvalue weighted by Gasteiger charge is 2.43. The van der Waals surface area contributed by atoms with Gasteiger partial charge in [-0.25, -0.2) is 19.4 Å². The topological polar surface area (TPSA) is 113 Å². The number of barbiturate groups is 1. The van der Waals surface area contributed by atoms with Crippen molar-refractivity contribution in [3.05, 3.63) is 89.0 Å². The van der Waals surface area contributed by atoms with Crippen molar-refractivity contribution in [3.8, 4) is 11.5 Å². The van der Waals surface area contributed by atoms with E-state index in [4.69, 9.17) is 26.2 Å². The van der Waals surface area contributed by atoms with Gasteiger partial charge < -0.3 is 14.6 Å². The van der Waals surface area contributed by atoms with Gasteiger partial charge in [-0.2, -0.15) is 0 Å². The predicted molar refractivity (Wildman–Crippen MR) is 137 cm³/mol. The number of imide groups is 2. The fraction of sp³-hybridized carbons (Fsp3) is 0.111. The van der Waals surface area contributed by atoms with E-state index >= 15 is 0 Å². The molecule has 1 aliphatic rings. The van der Waals surface area contributed by atoms with E-state index in [0.717, 1.165) is 9.80 Å². The van der Waals surface area contributed by atoms with Gasteiger partial charge in [-0.3, -0.25) is 9.59 Å². The number of carboxylic acid groups (broad SMARTS) is 1. The van der Waals surface area contributed by atoms with Crippen LogP contribution >= 0.6 is 11.6 Å². The van der Waals surface area contributed by atoms with Gasteiger partial charge in [-0.1, -0.05) is 48.0 Å². The van der Waals surface area contributed by atoms with Gasteiger partial charge in [-0.05, 0) is 55.0 Å². The zero-order chi connectivity index (χ0) is 26.5. The maximum atomic E-state index is 13.5. The van der Waals surface area contributed by atoms with Crippen LogP contribution in [0.2, 0.25) is 5.02 Å². The quantitative estimate of drug-likeness (QED) is 0.335. The summed E-state index contributed by atoms with van der Waals surface area (Å²) < 4.78 is 10.8. The second kappa shape index (κ2) is 11.0. The van der Waals surface area contributed by atoms with Gasteiger partial charge in [0.25, 0.3) is 11.8 Å². The first-order valence-corrected chi connectivity index (χ1v) is 11.5. The number of benzene rings is 3. The van der Waals surface area contributed by atoms with Crippen molar-refractivity contribution in [1.29, 1.82) is 0 Å². The Balaban J connectivity index is 1.83. The number of ether oxygens (including phenoxy) is 2. The molecule has 10 heteroatoms. The average Bonchev–Trinajstić information content (AvgIpc) is 2.87. The highest BCUT2D eigenvalue weighted by atomic mass is 35.5. The summed E-state index contributed by atoms with van der Waals surface area (Å²) in [5.41, 5.74) is 0.609. The zero-order valence-electron chi connectivity index (χ0n) is 19.6. The Hall–Kier alpha value is -4.63. The Kier molecular flexibility index (Phi) is 7.55. The predicted octanol–water partition coefficient (Wildman–Crippen LogP) is 4.79. The van der Waals surface area contributed by atoms with Crippen LogP contribution in [0.15, 0.2) is 78.4 Å². The molecule has 1 aliphatic heterocycles. The zero-order valence-corrected chi connectivity index (χ0v) is 20.3. The van der Waals surface area contributed by atoms with Gasteiger partial charge >= 0.3 is 12.0 Å². The molecule has 4 amide bonds. The van der Waals surface area contributed by atoms with E-state index in [1.807, 2.05) is 0 Å². The average molecular weight is 521 g/mol. The maximum absolute atomic E-state index is 13.5. The number of halogens is 1. The Morgan fingerprint density at radius 2 is 1.43 bits per heavy atom. The SMILES string of the molecule is CCOc1cc(C=C2C(=O)N(c3ccccc3)C(=O)N(c3ccccc3)C2=O)cc(Cl)c1OCC(=O)O. The number of rotatable bonds is 8. The van der Waals surface area contributed by atoms with Crippen LogP contribution in [-0.2, 0) is 14.4 Å². The lowest BCUT2D eigenvalue weighted by molar-refractivity contribution is -0.139. The minimum Gasteiger partial charge on any atom is -0.490 e. The van der Waals surface area contributed by atoms with Crippen LogP contribution in [0, 0.1) is 0 Å². The minimum absolute atomic E-state index is 0.0152. The molecule has 1 fully saturated rings. The second-order valence-electron chi connectivity index (χ2n) is 7.74. The van der Waals surface area contributed by atoms with Crippen molar-refractivity contribution < 1.29 is 33.8 Å². The van der Waals surface area contributed by atoms with Crippen LogP contribution in [-0.4, -0.2) is 42.1 Å². The van der Waals surface area contributed by atoms with E-state index in [1.165, 1.54) is 18.2 Å². The summed E-state index contributed by atoms with van der Waals surface area (Å²) in [7, 11) is 0. The molecule has 1 heterocycles. The van der Waals surface area contributed by atoms with E-state index < -0.39 is 30.4 Å². The third kappa shape index (κ3) is 5.31. The van der Waals surface area contributed by atoms with Crippen LogP contribution in [0.25, 0.3) is 6.08 Å². The summed E-state index contributed by atoms with van der Waals surface area (Å²) in [6, 6.07) is 18.6. The number of para-hydroxylation sites is 2. The normalized spacial score (nSPS) is 13.6. The van der Waals surface area contributed by atoms with Crippen molar-refractivity contribution >= 4 is 52.9 Å². The van der Waals surface area contributed by atoms with Gasteiger partial charge in [0.1, 0.15) is 5.57 Å². The number of carboxylic acids is 1. The molecule has 1 saturated heterocycles. The fourth-order valence-electron chi connectivity index (χ4n) is 3.71. The molecule has 0 unspecified atom stereocenters. The van der Waals surface area contributed by atoms with Crippen LogP contribution in [0.4, 0.5) is 16.2 Å². The molecule has 0 radical (unpaired) electrons. The Labute approximate surface area is 217 Å². The van der Waals surface area contributed by atoms with Crippen LogP contribution in [0.3, 0.4) is 0 Å². The number of anilines is 2. The number of carbonyl (C=O) groups excluding carboxylic acids is 3. The van der Waals surface area contributed by atoms with Crippen molar-refractivity contribution in [3.63, 3.8) is 0 Å². The molecule has 4 rings (SSSR count). The third-order valence-electron chi connectivity index (χ3n) is 5.26. The van der Waals surface area contributed by atoms with Gasteiger partial charge in [0.2, 0.25) is 0 Å². The molecule has 37 heavy (non-hydrogen) atoms. The molecule has 0 bridgehead atoms. The van der Waals surface area contributed by atoms with Crippen LogP contribution in [0.1, 0.15) is 12.5 Å². The fourth-order valence-corrected chi connectivity index (χ4v) is 3.99. The van der Waals surface area contributed by atoms with Crippen molar-refractivity contribution in [1.82, 2.24) is 0 Å². The molecule has 0 aliphatic carbocycles. The number of carbonyl (C=O) groups is 4. The molecule has 3 aromatic rings. The molecule has 0 aromatic heterocycles. The summed E-state index contributed by atoms with van der Waals surface area (Å²) in [6.45, 7) is 1.29. The first kappa shape index (κ1) is 25.5. The summed E-state index contributed by atoms with van der Waals surface area (Å²) in [5.74, 6) is -2.67. The Morgan fingerprint density at radius 1 is 0.892 bits per heavy atom. The largest absolute Gasteiger partial charge is 0.490 e. The van der Waals surface area contributed by atoms with Gasteiger partial charge in [0.05, 0.1) is 23.0 Å². The lowest BCUT2D eigenvalue weighted by Gasteiger charge is -2.34. The van der Waals surface area contributed by atoms with E-state index in [1.54, 1.807) is 67.6 Å². The van der Waals surface area contributed by atoms with Gasteiger partial charge in [-0.15, -0.1) is 0 Å². The number of hydrogen-bond donors (Lipinski definition) is 1. The number of amides is 4. The molecular weight excluding hydrogens is 500 g/mol. The lowest BCUT2D eigenvalue weighted by Crippen LogP contribution is -2.57. The highest BCUT2D eigenvalue weighted by Crippen LogP contribution is 2.38. The summed E-state index contributed by atoms with van der Waals surface area (Å²) >= 11 is 6.34.